The largest absolute Gasteiger partial charge is 0.489 e. The quantitative estimate of drug-likeness (QED) is 0.161. The molecule has 1 aromatic heterocycles. The van der Waals surface area contributed by atoms with E-state index < -0.39 is 5.25 Å². The first-order chi connectivity index (χ1) is 17.0. The van der Waals surface area contributed by atoms with Crippen molar-refractivity contribution in [1.29, 1.82) is 5.26 Å². The molecule has 4 aromatic rings. The Kier molecular flexibility index (Phi) is 7.65. The highest BCUT2D eigenvalue weighted by molar-refractivity contribution is 7.99. The average Bonchev–Trinajstić information content (AvgIpc) is 3.22. The lowest BCUT2D eigenvalue weighted by atomic mass is 10.1. The van der Waals surface area contributed by atoms with Crippen LogP contribution < -0.4 is 4.74 Å². The van der Waals surface area contributed by atoms with Gasteiger partial charge < -0.3 is 4.74 Å². The second-order valence-corrected chi connectivity index (χ2v) is 9.17. The van der Waals surface area contributed by atoms with Crippen molar-refractivity contribution in [2.24, 2.45) is 0 Å². The highest BCUT2D eigenvalue weighted by Gasteiger charge is 2.26. The predicted octanol–water partition coefficient (Wildman–Crippen LogP) is 5.79. The molecular formula is C25H20ClN5O3S. The molecule has 10 heteroatoms. The van der Waals surface area contributed by atoms with E-state index in [2.05, 4.69) is 16.3 Å². The lowest BCUT2D eigenvalue weighted by Crippen LogP contribution is -2.12. The van der Waals surface area contributed by atoms with Crippen molar-refractivity contribution in [1.82, 2.24) is 14.8 Å². The maximum atomic E-state index is 11.6. The number of aryl methyl sites for hydroxylation is 1. The van der Waals surface area contributed by atoms with Gasteiger partial charge in [0, 0.05) is 26.8 Å². The van der Waals surface area contributed by atoms with Crippen LogP contribution in [0, 0.1) is 28.4 Å². The molecule has 1 atom stereocenters. The van der Waals surface area contributed by atoms with Gasteiger partial charge in [0.05, 0.1) is 11.6 Å². The Bertz CT molecular complexity index is 1380. The first kappa shape index (κ1) is 24.3. The third-order valence-electron chi connectivity index (χ3n) is 5.23. The van der Waals surface area contributed by atoms with E-state index in [0.29, 0.717) is 32.9 Å². The Labute approximate surface area is 211 Å². The summed E-state index contributed by atoms with van der Waals surface area (Å²) in [6.07, 6.45) is 0. The van der Waals surface area contributed by atoms with Gasteiger partial charge >= 0.3 is 0 Å². The number of rotatable bonds is 9. The number of thioether (sulfide) groups is 1. The van der Waals surface area contributed by atoms with Crippen LogP contribution >= 0.6 is 23.4 Å². The van der Waals surface area contributed by atoms with E-state index in [1.807, 2.05) is 54.0 Å². The number of ether oxygens (including phenoxy) is 1. The first-order valence-electron chi connectivity index (χ1n) is 10.6. The van der Waals surface area contributed by atoms with Crippen LogP contribution in [0.15, 0.2) is 78.0 Å². The topological polar surface area (TPSA) is 107 Å². The fourth-order valence-electron chi connectivity index (χ4n) is 3.56. The Morgan fingerprint density at radius 1 is 1.11 bits per heavy atom. The Hall–Kier alpha value is -3.87. The zero-order valence-electron chi connectivity index (χ0n) is 18.7. The van der Waals surface area contributed by atoms with Crippen LogP contribution in [-0.2, 0) is 6.61 Å². The lowest BCUT2D eigenvalue weighted by molar-refractivity contribution is -0.479. The normalized spacial score (nSPS) is 11.6. The van der Waals surface area contributed by atoms with Crippen molar-refractivity contribution in [2.75, 3.05) is 6.54 Å². The number of benzene rings is 3. The van der Waals surface area contributed by atoms with Crippen LogP contribution in [0.1, 0.15) is 27.8 Å². The van der Waals surface area contributed by atoms with Gasteiger partial charge in [-0.2, -0.15) is 5.26 Å². The standard InChI is InChI=1S/C25H20ClN5O3S/c1-17-28-29-25(31(17)21-12-10-20(26)11-13-21)35-24(15-30(32)33)22-8-4-5-9-23(22)34-16-19-7-3-2-6-18(19)14-27/h2-13,24H,15-16H2,1H3/t24-/m0/s1. The monoisotopic (exact) mass is 505 g/mol. The van der Waals surface area contributed by atoms with Crippen LogP contribution in [0.3, 0.4) is 0 Å². The van der Waals surface area contributed by atoms with Gasteiger partial charge in [0.1, 0.15) is 23.4 Å². The second kappa shape index (κ2) is 11.0. The molecule has 0 saturated carbocycles. The van der Waals surface area contributed by atoms with Crippen LogP contribution in [0.2, 0.25) is 5.02 Å². The van der Waals surface area contributed by atoms with E-state index in [1.54, 1.807) is 30.3 Å². The number of halogens is 1. The summed E-state index contributed by atoms with van der Waals surface area (Å²) in [6.45, 7) is 1.64. The van der Waals surface area contributed by atoms with Gasteiger partial charge in [0.15, 0.2) is 5.16 Å². The molecule has 0 aliphatic rings. The lowest BCUT2D eigenvalue weighted by Gasteiger charge is -2.18. The molecule has 0 fully saturated rings. The minimum absolute atomic E-state index is 0.163. The summed E-state index contributed by atoms with van der Waals surface area (Å²) >= 11 is 7.27. The molecule has 3 aromatic carbocycles. The molecule has 0 aliphatic heterocycles. The fourth-order valence-corrected chi connectivity index (χ4v) is 4.89. The Balaban J connectivity index is 1.65. The van der Waals surface area contributed by atoms with Gasteiger partial charge in [-0.25, -0.2) is 0 Å². The van der Waals surface area contributed by atoms with Crippen LogP contribution in [0.25, 0.3) is 5.69 Å². The molecule has 8 nitrogen and oxygen atoms in total. The van der Waals surface area contributed by atoms with Crippen molar-refractivity contribution in [3.8, 4) is 17.5 Å². The number of nitrogens with zero attached hydrogens (tertiary/aromatic N) is 5. The van der Waals surface area contributed by atoms with E-state index in [4.69, 9.17) is 16.3 Å². The van der Waals surface area contributed by atoms with Gasteiger partial charge in [-0.3, -0.25) is 14.7 Å². The minimum atomic E-state index is -0.595. The van der Waals surface area contributed by atoms with Crippen molar-refractivity contribution < 1.29 is 9.66 Å². The molecule has 0 amide bonds. The predicted molar refractivity (Wildman–Crippen MR) is 133 cm³/mol. The molecule has 0 bridgehead atoms. The molecule has 1 heterocycles. The number of nitriles is 1. The number of hydrogen-bond acceptors (Lipinski definition) is 7. The minimum Gasteiger partial charge on any atom is -0.489 e. The number of hydrogen-bond donors (Lipinski definition) is 0. The molecule has 35 heavy (non-hydrogen) atoms. The third kappa shape index (κ3) is 5.80. The smallest absolute Gasteiger partial charge is 0.220 e. The third-order valence-corrected chi connectivity index (χ3v) is 6.64. The molecule has 4 rings (SSSR count). The molecule has 176 valence electrons. The summed E-state index contributed by atoms with van der Waals surface area (Å²) in [5.41, 5.74) is 2.72. The second-order valence-electron chi connectivity index (χ2n) is 7.56. The SMILES string of the molecule is Cc1nnc(S[C@@H](C[N+](=O)[O-])c2ccccc2OCc2ccccc2C#N)n1-c1ccc(Cl)cc1. The number of para-hydroxylation sites is 1. The summed E-state index contributed by atoms with van der Waals surface area (Å²) in [5.74, 6) is 1.15. The van der Waals surface area contributed by atoms with Crippen LogP contribution in [-0.4, -0.2) is 26.2 Å². The molecule has 0 spiro atoms. The fraction of sp³-hybridized carbons (Fsp3) is 0.160. The van der Waals surface area contributed by atoms with Crippen molar-refractivity contribution >= 4 is 23.4 Å². The number of nitro groups is 1. The van der Waals surface area contributed by atoms with E-state index in [9.17, 15) is 15.4 Å². The van der Waals surface area contributed by atoms with E-state index in [-0.39, 0.29) is 18.1 Å². The summed E-state index contributed by atoms with van der Waals surface area (Å²) in [4.78, 5) is 11.3. The Morgan fingerprint density at radius 3 is 2.57 bits per heavy atom. The van der Waals surface area contributed by atoms with Crippen LogP contribution in [0.4, 0.5) is 0 Å². The molecule has 0 aliphatic carbocycles. The zero-order valence-corrected chi connectivity index (χ0v) is 20.2. The van der Waals surface area contributed by atoms with Crippen molar-refractivity contribution in [3.63, 3.8) is 0 Å². The molecule has 0 unspecified atom stereocenters. The summed E-state index contributed by atoms with van der Waals surface area (Å²) in [7, 11) is 0. The van der Waals surface area contributed by atoms with Crippen LogP contribution in [0.5, 0.6) is 5.75 Å². The van der Waals surface area contributed by atoms with E-state index in [0.717, 1.165) is 11.3 Å². The molecule has 0 radical (unpaired) electrons. The number of aromatic nitrogens is 3. The van der Waals surface area contributed by atoms with Gasteiger partial charge in [-0.1, -0.05) is 59.8 Å². The van der Waals surface area contributed by atoms with Gasteiger partial charge in [0.25, 0.3) is 0 Å². The van der Waals surface area contributed by atoms with Crippen molar-refractivity contribution in [3.05, 3.63) is 110 Å². The highest BCUT2D eigenvalue weighted by atomic mass is 35.5. The Morgan fingerprint density at radius 2 is 1.83 bits per heavy atom. The van der Waals surface area contributed by atoms with E-state index in [1.165, 1.54) is 11.8 Å². The maximum absolute atomic E-state index is 11.6. The van der Waals surface area contributed by atoms with Crippen molar-refractivity contribution in [2.45, 2.75) is 23.9 Å². The van der Waals surface area contributed by atoms with Gasteiger partial charge in [-0.15, -0.1) is 10.2 Å². The molecular weight excluding hydrogens is 486 g/mol. The van der Waals surface area contributed by atoms with E-state index >= 15 is 0 Å². The molecule has 0 N–H and O–H groups in total. The summed E-state index contributed by atoms with van der Waals surface area (Å²) in [5, 5.41) is 29.9. The van der Waals surface area contributed by atoms with Gasteiger partial charge in [-0.05, 0) is 43.3 Å². The molecule has 0 saturated heterocycles. The summed E-state index contributed by atoms with van der Waals surface area (Å²) < 4.78 is 7.89. The maximum Gasteiger partial charge on any atom is 0.220 e. The van der Waals surface area contributed by atoms with Gasteiger partial charge in [0.2, 0.25) is 6.54 Å². The highest BCUT2D eigenvalue weighted by Crippen LogP contribution is 2.40. The summed E-state index contributed by atoms with van der Waals surface area (Å²) in [6, 6.07) is 23.7. The first-order valence-corrected chi connectivity index (χ1v) is 11.9. The average molecular weight is 506 g/mol. The zero-order chi connectivity index (χ0) is 24.8.